The molecule has 0 saturated heterocycles. The molecule has 4 aromatic rings. The normalized spacial score (nSPS) is 10.7. The van der Waals surface area contributed by atoms with E-state index >= 15 is 0 Å². The molecule has 8 nitrogen and oxygen atoms in total. The van der Waals surface area contributed by atoms with E-state index in [1.54, 1.807) is 24.3 Å². The number of fused-ring (bicyclic) bond motifs is 1. The van der Waals surface area contributed by atoms with Gasteiger partial charge in [-0.05, 0) is 36.4 Å². The quantitative estimate of drug-likeness (QED) is 0.573. The molecule has 0 atom stereocenters. The standard InChI is InChI=1S/C19H12N4O4/c24-17(15-16(19(25)26)21-10-9-20-15)22-12-7-5-11(6-8-12)18-23-13-3-1-2-4-14(13)27-18/h1-10H,(H,22,24)(H,25,26). The van der Waals surface area contributed by atoms with Crippen molar-refractivity contribution in [2.45, 2.75) is 0 Å². The molecule has 132 valence electrons. The average Bonchev–Trinajstić information content (AvgIpc) is 3.12. The van der Waals surface area contributed by atoms with E-state index in [0.717, 1.165) is 11.1 Å². The maximum absolute atomic E-state index is 12.3. The molecule has 2 aromatic heterocycles. The Hall–Kier alpha value is -4.07. The number of benzene rings is 2. The Bertz CT molecular complexity index is 1120. The van der Waals surface area contributed by atoms with Crippen LogP contribution in [-0.2, 0) is 0 Å². The van der Waals surface area contributed by atoms with Gasteiger partial charge in [0.15, 0.2) is 17.0 Å². The number of aromatic carboxylic acids is 1. The first kappa shape index (κ1) is 16.4. The molecule has 0 aliphatic carbocycles. The zero-order valence-electron chi connectivity index (χ0n) is 13.8. The molecule has 2 heterocycles. The number of carbonyl (C=O) groups excluding carboxylic acids is 1. The van der Waals surface area contributed by atoms with Crippen molar-refractivity contribution in [3.63, 3.8) is 0 Å². The van der Waals surface area contributed by atoms with Gasteiger partial charge < -0.3 is 14.8 Å². The minimum Gasteiger partial charge on any atom is -0.476 e. The van der Waals surface area contributed by atoms with Crippen molar-refractivity contribution >= 4 is 28.7 Å². The number of rotatable bonds is 4. The first-order valence-electron chi connectivity index (χ1n) is 7.93. The topological polar surface area (TPSA) is 118 Å². The Morgan fingerprint density at radius 2 is 1.63 bits per heavy atom. The number of amides is 1. The first-order valence-corrected chi connectivity index (χ1v) is 7.93. The highest BCUT2D eigenvalue weighted by Gasteiger charge is 2.19. The number of anilines is 1. The minimum atomic E-state index is -1.32. The number of oxazole rings is 1. The zero-order valence-corrected chi connectivity index (χ0v) is 13.8. The average molecular weight is 360 g/mol. The lowest BCUT2D eigenvalue weighted by molar-refractivity contribution is 0.0685. The van der Waals surface area contributed by atoms with Gasteiger partial charge in [-0.2, -0.15) is 0 Å². The maximum Gasteiger partial charge on any atom is 0.356 e. The molecular formula is C19H12N4O4. The van der Waals surface area contributed by atoms with Gasteiger partial charge >= 0.3 is 5.97 Å². The lowest BCUT2D eigenvalue weighted by Crippen LogP contribution is -2.19. The third kappa shape index (κ3) is 3.23. The second kappa shape index (κ2) is 6.68. The number of carbonyl (C=O) groups is 2. The molecule has 0 radical (unpaired) electrons. The van der Waals surface area contributed by atoms with Gasteiger partial charge in [-0.1, -0.05) is 12.1 Å². The van der Waals surface area contributed by atoms with Crippen molar-refractivity contribution in [2.24, 2.45) is 0 Å². The van der Waals surface area contributed by atoms with E-state index in [1.165, 1.54) is 12.4 Å². The van der Waals surface area contributed by atoms with E-state index in [0.29, 0.717) is 17.2 Å². The Balaban J connectivity index is 1.56. The summed E-state index contributed by atoms with van der Waals surface area (Å²) in [5.41, 5.74) is 2.00. The van der Waals surface area contributed by atoms with Crippen LogP contribution in [0, 0.1) is 0 Å². The molecule has 0 aliphatic heterocycles. The highest BCUT2D eigenvalue weighted by molar-refractivity contribution is 6.08. The number of hydrogen-bond donors (Lipinski definition) is 2. The van der Waals surface area contributed by atoms with Crippen LogP contribution in [0.2, 0.25) is 0 Å². The summed E-state index contributed by atoms with van der Waals surface area (Å²) in [7, 11) is 0. The molecular weight excluding hydrogens is 348 g/mol. The van der Waals surface area contributed by atoms with Crippen LogP contribution in [-0.4, -0.2) is 31.9 Å². The Morgan fingerprint density at radius 1 is 0.926 bits per heavy atom. The zero-order chi connectivity index (χ0) is 18.8. The maximum atomic E-state index is 12.3. The predicted molar refractivity (Wildman–Crippen MR) is 96.4 cm³/mol. The number of hydrogen-bond acceptors (Lipinski definition) is 6. The number of nitrogens with one attached hydrogen (secondary N) is 1. The largest absolute Gasteiger partial charge is 0.476 e. The van der Waals surface area contributed by atoms with E-state index in [9.17, 15) is 9.59 Å². The molecule has 2 aromatic carbocycles. The Labute approximate surface area is 152 Å². The number of aromatic nitrogens is 3. The van der Waals surface area contributed by atoms with Crippen molar-refractivity contribution in [1.82, 2.24) is 15.0 Å². The van der Waals surface area contributed by atoms with Crippen LogP contribution in [0.3, 0.4) is 0 Å². The van der Waals surface area contributed by atoms with Gasteiger partial charge in [0.2, 0.25) is 5.89 Å². The summed E-state index contributed by atoms with van der Waals surface area (Å²) >= 11 is 0. The summed E-state index contributed by atoms with van der Waals surface area (Å²) in [6.45, 7) is 0. The van der Waals surface area contributed by atoms with Crippen LogP contribution in [0.15, 0.2) is 65.3 Å². The summed E-state index contributed by atoms with van der Waals surface area (Å²) in [5, 5.41) is 11.7. The molecule has 8 heteroatoms. The van der Waals surface area contributed by atoms with Crippen LogP contribution < -0.4 is 5.32 Å². The summed E-state index contributed by atoms with van der Waals surface area (Å²) < 4.78 is 5.70. The van der Waals surface area contributed by atoms with Crippen LogP contribution in [0.4, 0.5) is 5.69 Å². The van der Waals surface area contributed by atoms with Gasteiger partial charge in [0.1, 0.15) is 5.52 Å². The molecule has 2 N–H and O–H groups in total. The number of carboxylic acid groups (broad SMARTS) is 1. The fraction of sp³-hybridized carbons (Fsp3) is 0. The number of para-hydroxylation sites is 2. The van der Waals surface area contributed by atoms with E-state index in [-0.39, 0.29) is 5.69 Å². The molecule has 4 rings (SSSR count). The highest BCUT2D eigenvalue weighted by Crippen LogP contribution is 2.25. The summed E-state index contributed by atoms with van der Waals surface area (Å²) in [6, 6.07) is 14.3. The SMILES string of the molecule is O=C(O)c1nccnc1C(=O)Nc1ccc(-c2nc3ccccc3o2)cc1. The Morgan fingerprint density at radius 3 is 2.33 bits per heavy atom. The van der Waals surface area contributed by atoms with Crippen LogP contribution >= 0.6 is 0 Å². The second-order valence-corrected chi connectivity index (χ2v) is 5.58. The summed E-state index contributed by atoms with van der Waals surface area (Å²) in [6.07, 6.45) is 2.48. The molecule has 0 spiro atoms. The molecule has 1 amide bonds. The van der Waals surface area contributed by atoms with Gasteiger partial charge in [-0.15, -0.1) is 0 Å². The van der Waals surface area contributed by atoms with E-state index < -0.39 is 17.6 Å². The van der Waals surface area contributed by atoms with Gasteiger partial charge in [0.05, 0.1) is 0 Å². The Kier molecular flexibility index (Phi) is 4.06. The van der Waals surface area contributed by atoms with Crippen molar-refractivity contribution in [2.75, 3.05) is 5.32 Å². The lowest BCUT2D eigenvalue weighted by atomic mass is 10.2. The first-order chi connectivity index (χ1) is 13.1. The molecule has 0 unspecified atom stereocenters. The third-order valence-electron chi connectivity index (χ3n) is 3.80. The van der Waals surface area contributed by atoms with E-state index in [4.69, 9.17) is 9.52 Å². The molecule has 27 heavy (non-hydrogen) atoms. The van der Waals surface area contributed by atoms with Crippen LogP contribution in [0.5, 0.6) is 0 Å². The third-order valence-corrected chi connectivity index (χ3v) is 3.80. The van der Waals surface area contributed by atoms with E-state index in [1.807, 2.05) is 24.3 Å². The molecule has 0 fully saturated rings. The van der Waals surface area contributed by atoms with Gasteiger partial charge in [-0.25, -0.2) is 19.7 Å². The number of carboxylic acids is 1. The van der Waals surface area contributed by atoms with Crippen LogP contribution in [0.1, 0.15) is 21.0 Å². The smallest absolute Gasteiger partial charge is 0.356 e. The summed E-state index contributed by atoms with van der Waals surface area (Å²) in [5.74, 6) is -1.51. The van der Waals surface area contributed by atoms with Crippen molar-refractivity contribution in [3.05, 3.63) is 72.3 Å². The summed E-state index contributed by atoms with van der Waals surface area (Å²) in [4.78, 5) is 35.3. The number of nitrogens with zero attached hydrogens (tertiary/aromatic N) is 3. The lowest BCUT2D eigenvalue weighted by Gasteiger charge is -2.06. The van der Waals surface area contributed by atoms with Crippen molar-refractivity contribution < 1.29 is 19.1 Å². The van der Waals surface area contributed by atoms with Crippen LogP contribution in [0.25, 0.3) is 22.6 Å². The van der Waals surface area contributed by atoms with Crippen molar-refractivity contribution in [3.8, 4) is 11.5 Å². The van der Waals surface area contributed by atoms with E-state index in [2.05, 4.69) is 20.3 Å². The molecule has 0 bridgehead atoms. The monoisotopic (exact) mass is 360 g/mol. The molecule has 0 aliphatic rings. The van der Waals surface area contributed by atoms with Crippen molar-refractivity contribution in [1.29, 1.82) is 0 Å². The van der Waals surface area contributed by atoms with Gasteiger partial charge in [0, 0.05) is 23.6 Å². The second-order valence-electron chi connectivity index (χ2n) is 5.58. The predicted octanol–water partition coefficient (Wildman–Crippen LogP) is 3.24. The fourth-order valence-electron chi connectivity index (χ4n) is 2.54. The van der Waals surface area contributed by atoms with Gasteiger partial charge in [0.25, 0.3) is 5.91 Å². The minimum absolute atomic E-state index is 0.256. The fourth-order valence-corrected chi connectivity index (χ4v) is 2.54. The highest BCUT2D eigenvalue weighted by atomic mass is 16.4. The molecule has 0 saturated carbocycles. The van der Waals surface area contributed by atoms with Gasteiger partial charge in [-0.3, -0.25) is 4.79 Å².